The molecule has 94 valence electrons. The van der Waals surface area contributed by atoms with Crippen LogP contribution >= 0.6 is 34.8 Å². The fourth-order valence-electron chi connectivity index (χ4n) is 1.88. The maximum atomic E-state index is 9.76. The van der Waals surface area contributed by atoms with Crippen LogP contribution in [0.3, 0.4) is 0 Å². The van der Waals surface area contributed by atoms with Crippen molar-refractivity contribution in [2.45, 2.75) is 32.8 Å². The van der Waals surface area contributed by atoms with Gasteiger partial charge in [-0.25, -0.2) is 0 Å². The SMILES string of the molecule is CC(C)C1(C)Cc2c(Cl)c(O)c(Cl)c(Cl)c2O1. The van der Waals surface area contributed by atoms with Crippen molar-refractivity contribution in [1.82, 2.24) is 0 Å². The average Bonchev–Trinajstić information content (AvgIpc) is 2.63. The molecule has 1 aliphatic rings. The molecule has 0 amide bonds. The third-order valence-electron chi connectivity index (χ3n) is 3.43. The number of rotatable bonds is 1. The topological polar surface area (TPSA) is 29.5 Å². The van der Waals surface area contributed by atoms with Crippen molar-refractivity contribution < 1.29 is 9.84 Å². The average molecular weight is 296 g/mol. The Labute approximate surface area is 115 Å². The Morgan fingerprint density at radius 2 is 1.76 bits per heavy atom. The van der Waals surface area contributed by atoms with E-state index < -0.39 is 0 Å². The predicted octanol–water partition coefficient (Wildman–Crippen LogP) is 4.70. The van der Waals surface area contributed by atoms with Gasteiger partial charge in [0.1, 0.15) is 21.4 Å². The molecular formula is C12H13Cl3O2. The van der Waals surface area contributed by atoms with Crippen LogP contribution in [-0.4, -0.2) is 10.7 Å². The summed E-state index contributed by atoms with van der Waals surface area (Å²) in [6, 6.07) is 0. The molecule has 0 bridgehead atoms. The van der Waals surface area contributed by atoms with E-state index in [0.29, 0.717) is 18.1 Å². The molecule has 1 atom stereocenters. The maximum absolute atomic E-state index is 9.76. The summed E-state index contributed by atoms with van der Waals surface area (Å²) in [6.45, 7) is 6.12. The van der Waals surface area contributed by atoms with Crippen LogP contribution < -0.4 is 4.74 Å². The lowest BCUT2D eigenvalue weighted by Gasteiger charge is -2.28. The monoisotopic (exact) mass is 294 g/mol. The lowest BCUT2D eigenvalue weighted by atomic mass is 9.88. The van der Waals surface area contributed by atoms with Gasteiger partial charge in [-0.1, -0.05) is 48.7 Å². The zero-order valence-corrected chi connectivity index (χ0v) is 12.0. The normalized spacial score (nSPS) is 22.8. The summed E-state index contributed by atoms with van der Waals surface area (Å²) in [6.07, 6.45) is 0.614. The number of aromatic hydroxyl groups is 1. The first-order valence-corrected chi connectivity index (χ1v) is 6.48. The van der Waals surface area contributed by atoms with E-state index >= 15 is 0 Å². The van der Waals surface area contributed by atoms with E-state index in [4.69, 9.17) is 39.5 Å². The van der Waals surface area contributed by atoms with Crippen LogP contribution in [0.4, 0.5) is 0 Å². The van der Waals surface area contributed by atoms with Crippen LogP contribution in [0.2, 0.25) is 15.1 Å². The van der Waals surface area contributed by atoms with Gasteiger partial charge in [-0.2, -0.15) is 0 Å². The first-order chi connectivity index (χ1) is 7.78. The molecule has 2 nitrogen and oxygen atoms in total. The number of phenolic OH excluding ortho intramolecular Hbond substituents is 1. The van der Waals surface area contributed by atoms with Crippen LogP contribution in [0.1, 0.15) is 26.3 Å². The number of halogens is 3. The van der Waals surface area contributed by atoms with Crippen LogP contribution in [0.25, 0.3) is 0 Å². The van der Waals surface area contributed by atoms with Crippen molar-refractivity contribution in [2.75, 3.05) is 0 Å². The highest BCUT2D eigenvalue weighted by Gasteiger charge is 2.41. The molecule has 0 saturated heterocycles. The molecular weight excluding hydrogens is 282 g/mol. The molecule has 0 fully saturated rings. The molecule has 1 aromatic rings. The van der Waals surface area contributed by atoms with E-state index in [1.165, 1.54) is 0 Å². The van der Waals surface area contributed by atoms with Crippen molar-refractivity contribution in [3.63, 3.8) is 0 Å². The second kappa shape index (κ2) is 4.11. The van der Waals surface area contributed by atoms with Gasteiger partial charge in [0.15, 0.2) is 5.75 Å². The second-order valence-corrected chi connectivity index (χ2v) is 5.98. The lowest BCUT2D eigenvalue weighted by molar-refractivity contribution is 0.0647. The molecule has 0 spiro atoms. The van der Waals surface area contributed by atoms with Gasteiger partial charge in [0, 0.05) is 12.0 Å². The highest BCUT2D eigenvalue weighted by Crippen LogP contribution is 2.53. The summed E-state index contributed by atoms with van der Waals surface area (Å²) in [7, 11) is 0. The summed E-state index contributed by atoms with van der Waals surface area (Å²) in [4.78, 5) is 0. The number of phenols is 1. The lowest BCUT2D eigenvalue weighted by Crippen LogP contribution is -2.36. The molecule has 1 aromatic carbocycles. The van der Waals surface area contributed by atoms with E-state index in [1.54, 1.807) is 0 Å². The molecule has 1 N–H and O–H groups in total. The van der Waals surface area contributed by atoms with Gasteiger partial charge in [-0.15, -0.1) is 0 Å². The molecule has 0 aliphatic carbocycles. The Hall–Kier alpha value is -0.310. The fourth-order valence-corrected chi connectivity index (χ4v) is 2.60. The quantitative estimate of drug-likeness (QED) is 0.761. The Kier molecular flexibility index (Phi) is 3.18. The van der Waals surface area contributed by atoms with Crippen LogP contribution in [0.5, 0.6) is 11.5 Å². The smallest absolute Gasteiger partial charge is 0.154 e. The minimum atomic E-state index is -0.368. The standard InChI is InChI=1S/C12H13Cl3O2/c1-5(2)12(3)4-6-7(13)10(16)8(14)9(15)11(6)17-12/h5,16H,4H2,1-3H3. The summed E-state index contributed by atoms with van der Waals surface area (Å²) < 4.78 is 5.89. The van der Waals surface area contributed by atoms with E-state index in [1.807, 2.05) is 6.92 Å². The molecule has 5 heteroatoms. The Bertz CT molecular complexity index is 446. The van der Waals surface area contributed by atoms with E-state index in [2.05, 4.69) is 13.8 Å². The Morgan fingerprint density at radius 1 is 1.18 bits per heavy atom. The molecule has 0 aromatic heterocycles. The van der Waals surface area contributed by atoms with Gasteiger partial charge in [0.05, 0.1) is 5.02 Å². The van der Waals surface area contributed by atoms with Crippen molar-refractivity contribution in [3.8, 4) is 11.5 Å². The summed E-state index contributed by atoms with van der Waals surface area (Å²) in [5.74, 6) is 0.618. The Morgan fingerprint density at radius 3 is 2.29 bits per heavy atom. The van der Waals surface area contributed by atoms with Gasteiger partial charge >= 0.3 is 0 Å². The van der Waals surface area contributed by atoms with E-state index in [9.17, 15) is 5.11 Å². The van der Waals surface area contributed by atoms with Crippen molar-refractivity contribution in [1.29, 1.82) is 0 Å². The number of hydrogen-bond acceptors (Lipinski definition) is 2. The van der Waals surface area contributed by atoms with Crippen molar-refractivity contribution >= 4 is 34.8 Å². The number of fused-ring (bicyclic) bond motifs is 1. The second-order valence-electron chi connectivity index (χ2n) is 4.84. The van der Waals surface area contributed by atoms with Crippen LogP contribution in [-0.2, 0) is 6.42 Å². The predicted molar refractivity (Wildman–Crippen MR) is 70.7 cm³/mol. The number of ether oxygens (including phenoxy) is 1. The first-order valence-electron chi connectivity index (χ1n) is 5.35. The van der Waals surface area contributed by atoms with Gasteiger partial charge in [0.2, 0.25) is 0 Å². The zero-order valence-electron chi connectivity index (χ0n) is 9.77. The molecule has 17 heavy (non-hydrogen) atoms. The molecule has 0 radical (unpaired) electrons. The minimum Gasteiger partial charge on any atom is -0.505 e. The Balaban J connectivity index is 2.60. The van der Waals surface area contributed by atoms with Gasteiger partial charge in [-0.05, 0) is 12.8 Å². The molecule has 1 aliphatic heterocycles. The maximum Gasteiger partial charge on any atom is 0.154 e. The number of hydrogen-bond donors (Lipinski definition) is 1. The number of benzene rings is 1. The highest BCUT2D eigenvalue weighted by molar-refractivity contribution is 6.46. The summed E-state index contributed by atoms with van der Waals surface area (Å²) in [5.41, 5.74) is 0.363. The molecule has 1 unspecified atom stereocenters. The largest absolute Gasteiger partial charge is 0.505 e. The molecule has 0 saturated carbocycles. The van der Waals surface area contributed by atoms with Crippen molar-refractivity contribution in [3.05, 3.63) is 20.6 Å². The highest BCUT2D eigenvalue weighted by atomic mass is 35.5. The van der Waals surface area contributed by atoms with Crippen LogP contribution in [0, 0.1) is 5.92 Å². The summed E-state index contributed by atoms with van der Waals surface area (Å²) in [5, 5.41) is 10.3. The molecule has 1 heterocycles. The van der Waals surface area contributed by atoms with Gasteiger partial charge in [0.25, 0.3) is 0 Å². The van der Waals surface area contributed by atoms with E-state index in [-0.39, 0.29) is 26.4 Å². The van der Waals surface area contributed by atoms with Crippen LogP contribution in [0.15, 0.2) is 0 Å². The minimum absolute atomic E-state index is 0.0448. The van der Waals surface area contributed by atoms with Gasteiger partial charge < -0.3 is 9.84 Å². The van der Waals surface area contributed by atoms with E-state index in [0.717, 1.165) is 5.56 Å². The first kappa shape index (κ1) is 13.1. The van der Waals surface area contributed by atoms with Crippen molar-refractivity contribution in [2.24, 2.45) is 5.92 Å². The third-order valence-corrected chi connectivity index (χ3v) is 4.66. The zero-order chi connectivity index (χ0) is 13.0. The van der Waals surface area contributed by atoms with Gasteiger partial charge in [-0.3, -0.25) is 0 Å². The molecule has 2 rings (SSSR count). The third kappa shape index (κ3) is 1.87. The summed E-state index contributed by atoms with van der Waals surface area (Å²) >= 11 is 18.0. The fraction of sp³-hybridized carbons (Fsp3) is 0.500.